The fourth-order valence-corrected chi connectivity index (χ4v) is 7.63. The third kappa shape index (κ3) is 22.9. The normalized spacial score (nSPS) is 11.7. The van der Waals surface area contributed by atoms with Crippen molar-refractivity contribution in [1.29, 1.82) is 0 Å². The summed E-state index contributed by atoms with van der Waals surface area (Å²) >= 11 is 0. The van der Waals surface area contributed by atoms with E-state index >= 15 is 0 Å². The van der Waals surface area contributed by atoms with Crippen molar-refractivity contribution in [3.8, 4) is 0 Å². The largest absolute Gasteiger partial charge is 0.292 e. The van der Waals surface area contributed by atoms with Gasteiger partial charge >= 0.3 is 0 Å². The highest BCUT2D eigenvalue weighted by Crippen LogP contribution is 2.30. The second-order valence-electron chi connectivity index (χ2n) is 15.2. The highest BCUT2D eigenvalue weighted by atomic mass is 15.2. The van der Waals surface area contributed by atoms with Gasteiger partial charge in [-0.2, -0.15) is 0 Å². The maximum atomic E-state index is 2.83. The van der Waals surface area contributed by atoms with Gasteiger partial charge in [-0.1, -0.05) is 254 Å². The highest BCUT2D eigenvalue weighted by molar-refractivity contribution is 5.31. The average Bonchev–Trinajstić information content (AvgIpc) is 3.12. The molecule has 1 nitrogen and oxygen atoms in total. The maximum Gasteiger partial charge on any atom is 0.0601 e. The highest BCUT2D eigenvalue weighted by Gasteiger charge is 2.21. The van der Waals surface area contributed by atoms with Gasteiger partial charge in [-0.3, -0.25) is 4.90 Å². The van der Waals surface area contributed by atoms with E-state index in [1.54, 1.807) is 0 Å². The molecule has 0 radical (unpaired) electrons. The molecule has 1 heteroatoms. The lowest BCUT2D eigenvalue weighted by Crippen LogP contribution is -2.31. The lowest BCUT2D eigenvalue weighted by molar-refractivity contribution is 0.214. The molecule has 0 saturated carbocycles. The molecule has 48 heavy (non-hydrogen) atoms. The van der Waals surface area contributed by atoms with Crippen LogP contribution in [0.5, 0.6) is 0 Å². The van der Waals surface area contributed by atoms with Crippen molar-refractivity contribution in [1.82, 2.24) is 4.90 Å². The molecule has 0 amide bonds. The first-order valence-corrected chi connectivity index (χ1v) is 21.7. The summed E-state index contributed by atoms with van der Waals surface area (Å²) in [6.07, 6.45) is 42.9. The minimum atomic E-state index is 0.366. The molecule has 0 heterocycles. The van der Waals surface area contributed by atoms with Gasteiger partial charge in [-0.15, -0.1) is 0 Å². The number of benzene rings is 2. The van der Waals surface area contributed by atoms with Crippen LogP contribution < -0.4 is 0 Å². The van der Waals surface area contributed by atoms with E-state index in [9.17, 15) is 0 Å². The van der Waals surface area contributed by atoms with Gasteiger partial charge in [0.25, 0.3) is 0 Å². The number of hydrogen-bond acceptors (Lipinski definition) is 1. The summed E-state index contributed by atoms with van der Waals surface area (Å²) in [5, 5.41) is 0. The Balaban J connectivity index is 1.66. The summed E-state index contributed by atoms with van der Waals surface area (Å²) in [5.41, 5.74) is 2.90. The molecule has 2 aromatic rings. The first kappa shape index (κ1) is 42.6. The smallest absolute Gasteiger partial charge is 0.0601 e. The van der Waals surface area contributed by atoms with Gasteiger partial charge in [0.05, 0.1) is 6.04 Å². The van der Waals surface area contributed by atoms with Gasteiger partial charge in [0.2, 0.25) is 0 Å². The van der Waals surface area contributed by atoms with Crippen LogP contribution >= 0.6 is 0 Å². The van der Waals surface area contributed by atoms with Crippen LogP contribution in [0.3, 0.4) is 0 Å². The quantitative estimate of drug-likeness (QED) is 0.0666. The Bertz CT molecular complexity index is 818. The van der Waals surface area contributed by atoms with E-state index in [0.717, 1.165) is 0 Å². The molecule has 0 aliphatic heterocycles. The fraction of sp³-hybridized carbons (Fsp3) is 0.745. The van der Waals surface area contributed by atoms with E-state index in [0.29, 0.717) is 6.04 Å². The molecule has 274 valence electrons. The summed E-state index contributed by atoms with van der Waals surface area (Å²) < 4.78 is 0. The minimum absolute atomic E-state index is 0.366. The van der Waals surface area contributed by atoms with Crippen LogP contribution in [0.25, 0.3) is 0 Å². The van der Waals surface area contributed by atoms with Crippen LogP contribution in [0.4, 0.5) is 0 Å². The summed E-state index contributed by atoms with van der Waals surface area (Å²) in [4.78, 5) is 2.83. The summed E-state index contributed by atoms with van der Waals surface area (Å²) in [5.74, 6) is 0. The first-order valence-electron chi connectivity index (χ1n) is 21.7. The fourth-order valence-electron chi connectivity index (χ4n) is 7.63. The van der Waals surface area contributed by atoms with E-state index in [-0.39, 0.29) is 0 Å². The molecular formula is C47H81N. The SMILES string of the molecule is CCCCCCCCCCCCCCCCCN(CCCCCCCCCCCCCCCCC)C(c1ccccc1)c1ccccc1. The standard InChI is InChI=1S/C47H81N/c1-3-5-7-9-11-13-15-17-19-21-23-25-27-29-37-43-48(47(45-39-33-31-34-40-45)46-41-35-32-36-42-46)44-38-30-28-26-24-22-20-18-16-14-12-10-8-6-4-2/h31-36,39-42,47H,3-30,37-38,43-44H2,1-2H3. The first-order chi connectivity index (χ1) is 23.9. The van der Waals surface area contributed by atoms with E-state index in [4.69, 9.17) is 0 Å². The third-order valence-electron chi connectivity index (χ3n) is 10.7. The van der Waals surface area contributed by atoms with E-state index in [1.807, 2.05) is 0 Å². The number of hydrogen-bond donors (Lipinski definition) is 0. The van der Waals surface area contributed by atoms with E-state index < -0.39 is 0 Å². The molecule has 0 unspecified atom stereocenters. The number of rotatable bonds is 35. The van der Waals surface area contributed by atoms with E-state index in [1.165, 1.54) is 217 Å². The molecule has 0 aliphatic carbocycles. The van der Waals surface area contributed by atoms with Gasteiger partial charge in [-0.25, -0.2) is 0 Å². The molecule has 0 saturated heterocycles. The molecule has 2 aromatic carbocycles. The predicted octanol–water partition coefficient (Wildman–Crippen LogP) is 15.8. The van der Waals surface area contributed by atoms with Crippen molar-refractivity contribution < 1.29 is 0 Å². The second kappa shape index (κ2) is 32.6. The Morgan fingerprint density at radius 3 is 0.792 bits per heavy atom. The van der Waals surface area contributed by atoms with E-state index in [2.05, 4.69) is 79.4 Å². The molecule has 0 N–H and O–H groups in total. The monoisotopic (exact) mass is 660 g/mol. The number of nitrogens with zero attached hydrogens (tertiary/aromatic N) is 1. The molecule has 0 spiro atoms. The van der Waals surface area contributed by atoms with Crippen molar-refractivity contribution in [2.75, 3.05) is 13.1 Å². The number of unbranched alkanes of at least 4 members (excludes halogenated alkanes) is 28. The van der Waals surface area contributed by atoms with Crippen LogP contribution in [0.15, 0.2) is 60.7 Å². The topological polar surface area (TPSA) is 3.24 Å². The molecular weight excluding hydrogens is 579 g/mol. The summed E-state index contributed by atoms with van der Waals surface area (Å²) in [7, 11) is 0. The van der Waals surface area contributed by atoms with Crippen molar-refractivity contribution >= 4 is 0 Å². The Hall–Kier alpha value is -1.60. The molecule has 0 aromatic heterocycles. The Kier molecular flexibility index (Phi) is 28.9. The van der Waals surface area contributed by atoms with Crippen LogP contribution in [0, 0.1) is 0 Å². The van der Waals surface area contributed by atoms with Crippen molar-refractivity contribution in [2.24, 2.45) is 0 Å². The zero-order valence-electron chi connectivity index (χ0n) is 32.4. The summed E-state index contributed by atoms with van der Waals surface area (Å²) in [6, 6.07) is 23.0. The molecule has 0 fully saturated rings. The van der Waals surface area contributed by atoms with Crippen molar-refractivity contribution in [3.63, 3.8) is 0 Å². The minimum Gasteiger partial charge on any atom is -0.292 e. The third-order valence-corrected chi connectivity index (χ3v) is 10.7. The van der Waals surface area contributed by atoms with Gasteiger partial charge in [0, 0.05) is 0 Å². The van der Waals surface area contributed by atoms with Crippen LogP contribution in [0.2, 0.25) is 0 Å². The molecule has 0 atom stereocenters. The van der Waals surface area contributed by atoms with Gasteiger partial charge < -0.3 is 0 Å². The lowest BCUT2D eigenvalue weighted by Gasteiger charge is -2.33. The summed E-state index contributed by atoms with van der Waals surface area (Å²) in [6.45, 7) is 7.05. The Labute approximate surface area is 301 Å². The lowest BCUT2D eigenvalue weighted by atomic mass is 9.96. The van der Waals surface area contributed by atoms with Gasteiger partial charge in [-0.05, 0) is 37.1 Å². The Morgan fingerprint density at radius 2 is 0.542 bits per heavy atom. The zero-order chi connectivity index (χ0) is 34.0. The molecule has 2 rings (SSSR count). The van der Waals surface area contributed by atoms with Crippen LogP contribution in [0.1, 0.15) is 224 Å². The average molecular weight is 660 g/mol. The van der Waals surface area contributed by atoms with Crippen molar-refractivity contribution in [2.45, 2.75) is 213 Å². The second-order valence-corrected chi connectivity index (χ2v) is 15.2. The molecule has 0 aliphatic rings. The van der Waals surface area contributed by atoms with Gasteiger partial charge in [0.15, 0.2) is 0 Å². The Morgan fingerprint density at radius 1 is 0.312 bits per heavy atom. The van der Waals surface area contributed by atoms with Crippen LogP contribution in [-0.2, 0) is 0 Å². The van der Waals surface area contributed by atoms with Gasteiger partial charge in [0.1, 0.15) is 0 Å². The van der Waals surface area contributed by atoms with Crippen molar-refractivity contribution in [3.05, 3.63) is 71.8 Å². The zero-order valence-corrected chi connectivity index (χ0v) is 32.4. The predicted molar refractivity (Wildman–Crippen MR) is 216 cm³/mol. The maximum absolute atomic E-state index is 2.83. The van der Waals surface area contributed by atoms with Crippen LogP contribution in [-0.4, -0.2) is 18.0 Å². The molecule has 0 bridgehead atoms.